The molecule has 0 atom stereocenters. The topological polar surface area (TPSA) is 122 Å². The Labute approximate surface area is 190 Å². The molecule has 4 rings (SSSR count). The number of pyridine rings is 1. The number of para-hydroxylation sites is 1. The van der Waals surface area contributed by atoms with E-state index in [1.165, 1.54) is 18.2 Å². The molecule has 168 valence electrons. The van der Waals surface area contributed by atoms with Gasteiger partial charge >= 0.3 is 0 Å². The van der Waals surface area contributed by atoms with Gasteiger partial charge in [0, 0.05) is 28.8 Å². The minimum atomic E-state index is -3.80. The van der Waals surface area contributed by atoms with Crippen LogP contribution in [-0.4, -0.2) is 23.4 Å². The highest BCUT2D eigenvalue weighted by Gasteiger charge is 2.16. The Balaban J connectivity index is 1.61. The molecule has 0 aliphatic rings. The molecule has 1 heterocycles. The third-order valence-electron chi connectivity index (χ3n) is 5.28. The first-order valence-corrected chi connectivity index (χ1v) is 11.7. The van der Waals surface area contributed by atoms with Gasteiger partial charge in [0.25, 0.3) is 15.7 Å². The number of aryl methyl sites for hydroxylation is 3. The van der Waals surface area contributed by atoms with E-state index >= 15 is 0 Å². The third-order valence-corrected chi connectivity index (χ3v) is 6.66. The van der Waals surface area contributed by atoms with Crippen LogP contribution in [-0.2, 0) is 22.9 Å². The Kier molecular flexibility index (Phi) is 5.97. The quantitative estimate of drug-likeness (QED) is 0.301. The van der Waals surface area contributed by atoms with Gasteiger partial charge in [-0.25, -0.2) is 8.42 Å². The highest BCUT2D eigenvalue weighted by molar-refractivity contribution is 7.92. The number of aromatic hydroxyl groups is 1. The summed E-state index contributed by atoms with van der Waals surface area (Å²) in [6, 6.07) is 19.4. The standard InChI is InChI=1S/C24H21N3O5S/c1-16-5-12-21(13-6-16)33(31,32)26-22-4-2-3-17-7-9-19(25-24(17)22)10-8-18-15-20(27(29)30)11-14-23(18)28/h2-7,9,11-15,26,28H,8,10H2,1H3. The van der Waals surface area contributed by atoms with Crippen molar-refractivity contribution >= 4 is 32.3 Å². The number of hydrogen-bond acceptors (Lipinski definition) is 6. The molecule has 0 unspecified atom stereocenters. The van der Waals surface area contributed by atoms with Gasteiger partial charge in [0.05, 0.1) is 21.0 Å². The maximum absolute atomic E-state index is 12.9. The van der Waals surface area contributed by atoms with E-state index in [0.29, 0.717) is 35.3 Å². The zero-order valence-corrected chi connectivity index (χ0v) is 18.5. The summed E-state index contributed by atoms with van der Waals surface area (Å²) in [6.45, 7) is 1.88. The number of nitrogens with zero attached hydrogens (tertiary/aromatic N) is 2. The minimum Gasteiger partial charge on any atom is -0.508 e. The molecule has 3 aromatic carbocycles. The van der Waals surface area contributed by atoms with Crippen molar-refractivity contribution in [2.24, 2.45) is 0 Å². The fourth-order valence-corrected chi connectivity index (χ4v) is 4.55. The monoisotopic (exact) mass is 463 g/mol. The van der Waals surface area contributed by atoms with Crippen LogP contribution in [0.3, 0.4) is 0 Å². The Morgan fingerprint density at radius 1 is 1.00 bits per heavy atom. The number of anilines is 1. The van der Waals surface area contributed by atoms with Crippen molar-refractivity contribution < 1.29 is 18.4 Å². The van der Waals surface area contributed by atoms with Crippen molar-refractivity contribution in [3.05, 3.63) is 99.7 Å². The molecule has 0 spiro atoms. The van der Waals surface area contributed by atoms with E-state index in [1.807, 2.05) is 25.1 Å². The van der Waals surface area contributed by atoms with E-state index in [2.05, 4.69) is 9.71 Å². The zero-order chi connectivity index (χ0) is 23.6. The largest absolute Gasteiger partial charge is 0.508 e. The van der Waals surface area contributed by atoms with E-state index in [-0.39, 0.29) is 16.3 Å². The molecule has 1 aromatic heterocycles. The van der Waals surface area contributed by atoms with Gasteiger partial charge in [-0.15, -0.1) is 0 Å². The summed E-state index contributed by atoms with van der Waals surface area (Å²) in [6.07, 6.45) is 0.743. The lowest BCUT2D eigenvalue weighted by atomic mass is 10.1. The lowest BCUT2D eigenvalue weighted by Crippen LogP contribution is -2.13. The molecule has 8 nitrogen and oxygen atoms in total. The number of hydrogen-bond donors (Lipinski definition) is 2. The molecule has 0 saturated heterocycles. The highest BCUT2D eigenvalue weighted by Crippen LogP contribution is 2.27. The number of benzene rings is 3. The summed E-state index contributed by atoms with van der Waals surface area (Å²) >= 11 is 0. The molecule has 2 N–H and O–H groups in total. The van der Waals surface area contributed by atoms with E-state index in [4.69, 9.17) is 0 Å². The maximum Gasteiger partial charge on any atom is 0.269 e. The van der Waals surface area contributed by atoms with E-state index in [1.54, 1.807) is 36.4 Å². The second-order valence-electron chi connectivity index (χ2n) is 7.67. The van der Waals surface area contributed by atoms with Gasteiger partial charge in [-0.1, -0.05) is 35.9 Å². The summed E-state index contributed by atoms with van der Waals surface area (Å²) < 4.78 is 28.3. The summed E-state index contributed by atoms with van der Waals surface area (Å²) in [7, 11) is -3.80. The summed E-state index contributed by atoms with van der Waals surface area (Å²) in [4.78, 5) is 15.3. The van der Waals surface area contributed by atoms with Gasteiger partial charge in [-0.2, -0.15) is 0 Å². The second kappa shape index (κ2) is 8.87. The van der Waals surface area contributed by atoms with Crippen molar-refractivity contribution in [3.8, 4) is 5.75 Å². The van der Waals surface area contributed by atoms with Crippen LogP contribution in [0.15, 0.2) is 77.7 Å². The Morgan fingerprint density at radius 3 is 2.48 bits per heavy atom. The van der Waals surface area contributed by atoms with Gasteiger partial charge in [0.2, 0.25) is 0 Å². The SMILES string of the molecule is Cc1ccc(S(=O)(=O)Nc2cccc3ccc(CCc4cc([N+](=O)[O-])ccc4O)nc23)cc1. The van der Waals surface area contributed by atoms with Crippen LogP contribution < -0.4 is 4.72 Å². The van der Waals surface area contributed by atoms with Crippen molar-refractivity contribution in [2.45, 2.75) is 24.7 Å². The summed E-state index contributed by atoms with van der Waals surface area (Å²) in [5.41, 5.74) is 2.82. The molecular weight excluding hydrogens is 442 g/mol. The van der Waals surface area contributed by atoms with Gasteiger partial charge in [-0.3, -0.25) is 19.8 Å². The first kappa shape index (κ1) is 22.2. The molecule has 0 fully saturated rings. The molecular formula is C24H21N3O5S. The van der Waals surface area contributed by atoms with Crippen molar-refractivity contribution in [1.82, 2.24) is 4.98 Å². The Hall–Kier alpha value is -3.98. The lowest BCUT2D eigenvalue weighted by molar-refractivity contribution is -0.384. The molecule has 4 aromatic rings. The van der Waals surface area contributed by atoms with E-state index in [9.17, 15) is 23.6 Å². The first-order chi connectivity index (χ1) is 15.7. The molecule has 0 saturated carbocycles. The van der Waals surface area contributed by atoms with Crippen LogP contribution in [0.4, 0.5) is 11.4 Å². The number of phenols is 1. The first-order valence-electron chi connectivity index (χ1n) is 10.2. The van der Waals surface area contributed by atoms with Gasteiger partial charge in [0.1, 0.15) is 5.75 Å². The Bertz CT molecular complexity index is 1450. The van der Waals surface area contributed by atoms with Gasteiger partial charge in [0.15, 0.2) is 0 Å². The van der Waals surface area contributed by atoms with Crippen LogP contribution >= 0.6 is 0 Å². The molecule has 0 aliphatic carbocycles. The van der Waals surface area contributed by atoms with Gasteiger partial charge < -0.3 is 5.11 Å². The number of fused-ring (bicyclic) bond motifs is 1. The number of nitro groups is 1. The average Bonchev–Trinajstić information content (AvgIpc) is 2.78. The van der Waals surface area contributed by atoms with Crippen LogP contribution in [0.5, 0.6) is 5.75 Å². The van der Waals surface area contributed by atoms with E-state index < -0.39 is 14.9 Å². The van der Waals surface area contributed by atoms with Crippen molar-refractivity contribution in [1.29, 1.82) is 0 Å². The number of non-ortho nitro benzene ring substituents is 1. The zero-order valence-electron chi connectivity index (χ0n) is 17.7. The van der Waals surface area contributed by atoms with Crippen LogP contribution in [0.25, 0.3) is 10.9 Å². The number of phenolic OH excluding ortho intramolecular Hbond substituents is 1. The predicted molar refractivity (Wildman–Crippen MR) is 126 cm³/mol. The van der Waals surface area contributed by atoms with Gasteiger partial charge in [-0.05, 0) is 50.1 Å². The Morgan fingerprint density at radius 2 is 1.76 bits per heavy atom. The normalized spacial score (nSPS) is 11.4. The molecule has 0 bridgehead atoms. The predicted octanol–water partition coefficient (Wildman–Crippen LogP) is 4.74. The van der Waals surface area contributed by atoms with Crippen LogP contribution in [0.2, 0.25) is 0 Å². The third kappa shape index (κ3) is 4.93. The number of sulfonamides is 1. The maximum atomic E-state index is 12.9. The summed E-state index contributed by atoms with van der Waals surface area (Å²) in [5.74, 6) is -0.0204. The smallest absolute Gasteiger partial charge is 0.269 e. The number of aromatic nitrogens is 1. The number of nitro benzene ring substituents is 1. The van der Waals surface area contributed by atoms with Crippen LogP contribution in [0.1, 0.15) is 16.8 Å². The molecule has 0 amide bonds. The number of nitrogens with one attached hydrogen (secondary N) is 1. The molecule has 0 aliphatic heterocycles. The van der Waals surface area contributed by atoms with E-state index in [0.717, 1.165) is 10.9 Å². The van der Waals surface area contributed by atoms with Crippen molar-refractivity contribution in [3.63, 3.8) is 0 Å². The molecule has 0 radical (unpaired) electrons. The average molecular weight is 464 g/mol. The molecule has 9 heteroatoms. The molecule has 33 heavy (non-hydrogen) atoms. The lowest BCUT2D eigenvalue weighted by Gasteiger charge is -2.12. The van der Waals surface area contributed by atoms with Crippen LogP contribution in [0, 0.1) is 17.0 Å². The number of rotatable bonds is 7. The highest BCUT2D eigenvalue weighted by atomic mass is 32.2. The summed E-state index contributed by atoms with van der Waals surface area (Å²) in [5, 5.41) is 21.8. The fraction of sp³-hybridized carbons (Fsp3) is 0.125. The fourth-order valence-electron chi connectivity index (χ4n) is 3.48. The minimum absolute atomic E-state index is 0.0204. The van der Waals surface area contributed by atoms with Crippen molar-refractivity contribution in [2.75, 3.05) is 4.72 Å². The second-order valence-corrected chi connectivity index (χ2v) is 9.35.